The Morgan fingerprint density at radius 3 is 2.64 bits per heavy atom. The number of hydrogen-bond acceptors (Lipinski definition) is 3. The molecule has 3 nitrogen and oxygen atoms in total. The third-order valence-electron chi connectivity index (χ3n) is 1.77. The molecule has 0 unspecified atom stereocenters. The number of methoxy groups -OCH3 is 1. The lowest BCUT2D eigenvalue weighted by atomic mass is 10.1. The van der Waals surface area contributed by atoms with Crippen molar-refractivity contribution in [2.45, 2.75) is 6.92 Å². The van der Waals surface area contributed by atoms with Gasteiger partial charge < -0.3 is 4.74 Å². The lowest BCUT2D eigenvalue weighted by Gasteiger charge is -2.06. The SMILES string of the molecule is COc1c(Br)cc(C(C)=O)cc1C#N. The summed E-state index contributed by atoms with van der Waals surface area (Å²) in [5.74, 6) is 0.377. The molecule has 0 aliphatic rings. The summed E-state index contributed by atoms with van der Waals surface area (Å²) < 4.78 is 5.64. The summed E-state index contributed by atoms with van der Waals surface area (Å²) in [6, 6.07) is 5.14. The monoisotopic (exact) mass is 253 g/mol. The number of nitriles is 1. The van der Waals surface area contributed by atoms with Gasteiger partial charge in [0.15, 0.2) is 11.5 Å². The van der Waals surface area contributed by atoms with Crippen LogP contribution in [0.3, 0.4) is 0 Å². The molecule has 0 radical (unpaired) electrons. The molecule has 0 saturated carbocycles. The van der Waals surface area contributed by atoms with Crippen LogP contribution in [0, 0.1) is 11.3 Å². The second-order valence-corrected chi connectivity index (χ2v) is 3.56. The maximum atomic E-state index is 11.1. The van der Waals surface area contributed by atoms with Crippen LogP contribution in [-0.2, 0) is 0 Å². The summed E-state index contributed by atoms with van der Waals surface area (Å²) in [5.41, 5.74) is 0.848. The number of carbonyl (C=O) groups excluding carboxylic acids is 1. The van der Waals surface area contributed by atoms with E-state index in [0.29, 0.717) is 21.3 Å². The highest BCUT2D eigenvalue weighted by molar-refractivity contribution is 9.10. The van der Waals surface area contributed by atoms with Gasteiger partial charge in [0.1, 0.15) is 6.07 Å². The van der Waals surface area contributed by atoms with Crippen LogP contribution in [0.2, 0.25) is 0 Å². The van der Waals surface area contributed by atoms with Crippen LogP contribution in [0.15, 0.2) is 16.6 Å². The van der Waals surface area contributed by atoms with Crippen LogP contribution in [0.25, 0.3) is 0 Å². The number of nitrogens with zero attached hydrogens (tertiary/aromatic N) is 1. The molecule has 0 aliphatic heterocycles. The normalized spacial score (nSPS) is 9.29. The summed E-state index contributed by atoms with van der Waals surface area (Å²) in [5, 5.41) is 8.82. The molecule has 4 heteroatoms. The first kappa shape index (κ1) is 10.7. The van der Waals surface area contributed by atoms with E-state index in [9.17, 15) is 4.79 Å². The summed E-state index contributed by atoms with van der Waals surface area (Å²) in [6.45, 7) is 1.45. The molecular weight excluding hydrogens is 246 g/mol. The molecule has 1 aromatic carbocycles. The van der Waals surface area contributed by atoms with Crippen molar-refractivity contribution < 1.29 is 9.53 Å². The predicted octanol–water partition coefficient (Wildman–Crippen LogP) is 2.53. The Morgan fingerprint density at radius 1 is 1.57 bits per heavy atom. The largest absolute Gasteiger partial charge is 0.494 e. The Labute approximate surface area is 90.4 Å². The van der Waals surface area contributed by atoms with Crippen molar-refractivity contribution in [3.05, 3.63) is 27.7 Å². The fraction of sp³-hybridized carbons (Fsp3) is 0.200. The van der Waals surface area contributed by atoms with Gasteiger partial charge in [-0.05, 0) is 35.0 Å². The number of Topliss-reactive ketones (excluding diaryl/α,β-unsaturated/α-hetero) is 1. The van der Waals surface area contributed by atoms with Crippen LogP contribution in [-0.4, -0.2) is 12.9 Å². The van der Waals surface area contributed by atoms with Crippen LogP contribution >= 0.6 is 15.9 Å². The maximum Gasteiger partial charge on any atom is 0.159 e. The van der Waals surface area contributed by atoms with Gasteiger partial charge in [0, 0.05) is 5.56 Å². The highest BCUT2D eigenvalue weighted by Crippen LogP contribution is 2.30. The lowest BCUT2D eigenvalue weighted by Crippen LogP contribution is -1.96. The molecule has 0 amide bonds. The van der Waals surface area contributed by atoms with Crippen LogP contribution < -0.4 is 4.74 Å². The Kier molecular flexibility index (Phi) is 3.26. The Morgan fingerprint density at radius 2 is 2.21 bits per heavy atom. The number of ether oxygens (including phenoxy) is 1. The van der Waals surface area contributed by atoms with Crippen molar-refractivity contribution in [3.63, 3.8) is 0 Å². The molecular formula is C10H8BrNO2. The third-order valence-corrected chi connectivity index (χ3v) is 2.36. The van der Waals surface area contributed by atoms with Crippen molar-refractivity contribution in [2.24, 2.45) is 0 Å². The first-order chi connectivity index (χ1) is 6.60. The van der Waals surface area contributed by atoms with Crippen molar-refractivity contribution in [1.82, 2.24) is 0 Å². The fourth-order valence-electron chi connectivity index (χ4n) is 1.09. The molecule has 0 aliphatic carbocycles. The van der Waals surface area contributed by atoms with E-state index in [0.717, 1.165) is 0 Å². The highest BCUT2D eigenvalue weighted by atomic mass is 79.9. The smallest absolute Gasteiger partial charge is 0.159 e. The van der Waals surface area contributed by atoms with E-state index in [1.54, 1.807) is 6.07 Å². The zero-order valence-electron chi connectivity index (χ0n) is 7.80. The summed E-state index contributed by atoms with van der Waals surface area (Å²) >= 11 is 3.24. The molecule has 0 fully saturated rings. The first-order valence-electron chi connectivity index (χ1n) is 3.88. The Bertz CT molecular complexity index is 421. The van der Waals surface area contributed by atoms with Gasteiger partial charge >= 0.3 is 0 Å². The molecule has 0 spiro atoms. The second kappa shape index (κ2) is 4.25. The van der Waals surface area contributed by atoms with Crippen LogP contribution in [0.4, 0.5) is 0 Å². The molecule has 0 heterocycles. The molecule has 0 aromatic heterocycles. The molecule has 1 aromatic rings. The second-order valence-electron chi connectivity index (χ2n) is 2.71. The summed E-state index contributed by atoms with van der Waals surface area (Å²) in [4.78, 5) is 11.1. The number of halogens is 1. The van der Waals surface area contributed by atoms with E-state index < -0.39 is 0 Å². The minimum atomic E-state index is -0.0788. The average Bonchev–Trinajstić information content (AvgIpc) is 2.16. The van der Waals surface area contributed by atoms with Gasteiger partial charge in [-0.15, -0.1) is 0 Å². The number of carbonyl (C=O) groups is 1. The Balaban J connectivity index is 3.41. The van der Waals surface area contributed by atoms with E-state index in [4.69, 9.17) is 10.00 Å². The van der Waals surface area contributed by atoms with Gasteiger partial charge in [-0.2, -0.15) is 5.26 Å². The number of ketones is 1. The van der Waals surface area contributed by atoms with Gasteiger partial charge in [-0.1, -0.05) is 0 Å². The quantitative estimate of drug-likeness (QED) is 0.762. The number of hydrogen-bond donors (Lipinski definition) is 0. The van der Waals surface area contributed by atoms with E-state index in [1.807, 2.05) is 6.07 Å². The topological polar surface area (TPSA) is 50.1 Å². The predicted molar refractivity (Wildman–Crippen MR) is 55.4 cm³/mol. The minimum Gasteiger partial charge on any atom is -0.494 e. The number of rotatable bonds is 2. The average molecular weight is 254 g/mol. The van der Waals surface area contributed by atoms with E-state index in [2.05, 4.69) is 15.9 Å². The van der Waals surface area contributed by atoms with Crippen molar-refractivity contribution in [1.29, 1.82) is 5.26 Å². The molecule has 1 rings (SSSR count). The molecule has 0 atom stereocenters. The molecule has 0 N–H and O–H groups in total. The van der Waals surface area contributed by atoms with E-state index in [1.165, 1.54) is 20.1 Å². The van der Waals surface area contributed by atoms with Crippen molar-refractivity contribution in [2.75, 3.05) is 7.11 Å². The van der Waals surface area contributed by atoms with Gasteiger partial charge in [0.25, 0.3) is 0 Å². The zero-order chi connectivity index (χ0) is 10.7. The fourth-order valence-corrected chi connectivity index (χ4v) is 1.71. The molecule has 0 saturated heterocycles. The van der Waals surface area contributed by atoms with Gasteiger partial charge in [-0.25, -0.2) is 0 Å². The van der Waals surface area contributed by atoms with Gasteiger partial charge in [0.05, 0.1) is 17.1 Å². The van der Waals surface area contributed by atoms with Crippen molar-refractivity contribution in [3.8, 4) is 11.8 Å². The molecule has 72 valence electrons. The van der Waals surface area contributed by atoms with Gasteiger partial charge in [0.2, 0.25) is 0 Å². The first-order valence-corrected chi connectivity index (χ1v) is 4.68. The van der Waals surface area contributed by atoms with Gasteiger partial charge in [-0.3, -0.25) is 4.79 Å². The highest BCUT2D eigenvalue weighted by Gasteiger charge is 2.11. The van der Waals surface area contributed by atoms with Crippen molar-refractivity contribution >= 4 is 21.7 Å². The zero-order valence-corrected chi connectivity index (χ0v) is 9.38. The number of benzene rings is 1. The Hall–Kier alpha value is -1.34. The standard InChI is InChI=1S/C10H8BrNO2/c1-6(13)7-3-8(5-12)10(14-2)9(11)4-7/h3-4H,1-2H3. The van der Waals surface area contributed by atoms with Crippen LogP contribution in [0.1, 0.15) is 22.8 Å². The minimum absolute atomic E-state index is 0.0788. The summed E-state index contributed by atoms with van der Waals surface area (Å²) in [6.07, 6.45) is 0. The van der Waals surface area contributed by atoms with E-state index in [-0.39, 0.29) is 5.78 Å². The summed E-state index contributed by atoms with van der Waals surface area (Å²) in [7, 11) is 1.48. The molecule has 0 bridgehead atoms. The van der Waals surface area contributed by atoms with E-state index >= 15 is 0 Å². The van der Waals surface area contributed by atoms with Crippen LogP contribution in [0.5, 0.6) is 5.75 Å². The molecule has 14 heavy (non-hydrogen) atoms. The maximum absolute atomic E-state index is 11.1. The lowest BCUT2D eigenvalue weighted by molar-refractivity contribution is 0.101. The third kappa shape index (κ3) is 1.94.